The predicted molar refractivity (Wildman–Crippen MR) is 269 cm³/mol. The lowest BCUT2D eigenvalue weighted by Crippen LogP contribution is -2.18. The summed E-state index contributed by atoms with van der Waals surface area (Å²) in [7, 11) is 0. The van der Waals surface area contributed by atoms with Crippen LogP contribution in [-0.4, -0.2) is 4.57 Å². The van der Waals surface area contributed by atoms with Crippen molar-refractivity contribution >= 4 is 28.0 Å². The fraction of sp³-hybridized carbons (Fsp3) is 0.0968. The van der Waals surface area contributed by atoms with Crippen molar-refractivity contribution in [3.63, 3.8) is 0 Å². The molecule has 0 fully saturated rings. The molecule has 64 heavy (non-hydrogen) atoms. The van der Waals surface area contributed by atoms with Crippen LogP contribution in [0.4, 0.5) is 17.1 Å². The molecule has 2 aliphatic rings. The molecule has 2 aliphatic carbocycles. The van der Waals surface area contributed by atoms with E-state index in [1.807, 2.05) is 0 Å². The van der Waals surface area contributed by atoms with Gasteiger partial charge in [0, 0.05) is 44.5 Å². The largest absolute Gasteiger partial charge is 0.310 e. The molecule has 306 valence electrons. The zero-order valence-corrected chi connectivity index (χ0v) is 36.7. The maximum absolute atomic E-state index is 2.46. The number of nitrogens with zero attached hydrogens (tertiary/aromatic N) is 2. The van der Waals surface area contributed by atoms with Gasteiger partial charge in [0.05, 0.1) is 11.2 Å². The molecule has 0 aliphatic heterocycles. The maximum atomic E-state index is 2.46. The van der Waals surface area contributed by atoms with E-state index in [-0.39, 0.29) is 10.8 Å². The molecule has 0 bridgehead atoms. The zero-order chi connectivity index (χ0) is 43.2. The van der Waals surface area contributed by atoms with E-state index < -0.39 is 0 Å². The highest BCUT2D eigenvalue weighted by atomic mass is 15.1. The Balaban J connectivity index is 0.974. The molecule has 0 saturated heterocycles. The van der Waals surface area contributed by atoms with E-state index >= 15 is 0 Å². The average Bonchev–Trinajstić information content (AvgIpc) is 3.89. The molecule has 0 saturated carbocycles. The molecule has 0 atom stereocenters. The van der Waals surface area contributed by atoms with Gasteiger partial charge in [-0.1, -0.05) is 179 Å². The Morgan fingerprint density at radius 3 is 1.45 bits per heavy atom. The van der Waals surface area contributed by atoms with E-state index in [1.165, 1.54) is 94.6 Å². The Hall–Kier alpha value is -7.68. The molecule has 10 aromatic rings. The third-order valence-electron chi connectivity index (χ3n) is 14.2. The second-order valence-corrected chi connectivity index (χ2v) is 18.5. The topological polar surface area (TPSA) is 8.17 Å². The Kier molecular flexibility index (Phi) is 8.58. The molecule has 0 radical (unpaired) electrons. The number of para-hydroxylation sites is 2. The van der Waals surface area contributed by atoms with Crippen LogP contribution in [0.5, 0.6) is 0 Å². The summed E-state index contributed by atoms with van der Waals surface area (Å²) in [5.74, 6) is 0. The molecule has 0 spiro atoms. The first kappa shape index (κ1) is 38.0. The second kappa shape index (κ2) is 14.4. The van der Waals surface area contributed by atoms with E-state index in [1.54, 1.807) is 0 Å². The number of benzene rings is 9. The summed E-state index contributed by atoms with van der Waals surface area (Å²) >= 11 is 0. The van der Waals surface area contributed by atoms with Gasteiger partial charge < -0.3 is 9.47 Å². The van der Waals surface area contributed by atoms with Gasteiger partial charge in [0.15, 0.2) is 0 Å². The molecule has 2 nitrogen and oxygen atoms in total. The Morgan fingerprint density at radius 2 is 0.812 bits per heavy atom. The molecule has 2 heteroatoms. The lowest BCUT2D eigenvalue weighted by Gasteiger charge is -2.29. The zero-order valence-electron chi connectivity index (χ0n) is 36.7. The minimum Gasteiger partial charge on any atom is -0.310 e. The van der Waals surface area contributed by atoms with Gasteiger partial charge in [-0.3, -0.25) is 0 Å². The van der Waals surface area contributed by atoms with E-state index in [2.05, 4.69) is 256 Å². The van der Waals surface area contributed by atoms with Gasteiger partial charge in [0.1, 0.15) is 0 Å². The smallest absolute Gasteiger partial charge is 0.0619 e. The van der Waals surface area contributed by atoms with Gasteiger partial charge >= 0.3 is 0 Å². The van der Waals surface area contributed by atoms with Gasteiger partial charge in [-0.25, -0.2) is 0 Å². The summed E-state index contributed by atoms with van der Waals surface area (Å²) in [6.45, 7) is 9.52. The first-order valence-electron chi connectivity index (χ1n) is 22.5. The molecular weight excluding hydrogens is 773 g/mol. The summed E-state index contributed by atoms with van der Waals surface area (Å²) in [4.78, 5) is 2.44. The first-order chi connectivity index (χ1) is 31.3. The van der Waals surface area contributed by atoms with Crippen molar-refractivity contribution in [1.82, 2.24) is 4.57 Å². The first-order valence-corrected chi connectivity index (χ1v) is 22.5. The van der Waals surface area contributed by atoms with Crippen LogP contribution >= 0.6 is 0 Å². The summed E-state index contributed by atoms with van der Waals surface area (Å²) in [5.41, 5.74) is 23.5. The lowest BCUT2D eigenvalue weighted by atomic mass is 9.81. The minimum absolute atomic E-state index is 0.0900. The lowest BCUT2D eigenvalue weighted by molar-refractivity contribution is 0.660. The fourth-order valence-corrected chi connectivity index (χ4v) is 11.0. The Labute approximate surface area is 376 Å². The molecule has 0 unspecified atom stereocenters. The highest BCUT2D eigenvalue weighted by molar-refractivity contribution is 6.07. The van der Waals surface area contributed by atoms with Gasteiger partial charge in [0.25, 0.3) is 0 Å². The second-order valence-electron chi connectivity index (χ2n) is 18.5. The van der Waals surface area contributed by atoms with Gasteiger partial charge in [-0.15, -0.1) is 0 Å². The highest BCUT2D eigenvalue weighted by Crippen LogP contribution is 2.54. The van der Waals surface area contributed by atoms with E-state index in [0.29, 0.717) is 0 Å². The predicted octanol–water partition coefficient (Wildman–Crippen LogP) is 16.7. The standard InChI is InChI=1S/C62H48N2/c1-61(2)54-28-18-17-27-49(54)51-34-31-47(39-56(51)61)63(45-23-13-7-14-24-45)48-32-35-52-50-33-29-44(38-55(50)62(3,4)57(52)40-48)43-30-36-58-53(37-43)59(41-19-9-5-10-20-41)60(42-21-11-6-12-22-42)64(58)46-25-15-8-16-26-46/h5-40H,1-4H3. The van der Waals surface area contributed by atoms with Crippen LogP contribution < -0.4 is 4.90 Å². The van der Waals surface area contributed by atoms with Gasteiger partial charge in [-0.2, -0.15) is 0 Å². The molecule has 0 amide bonds. The maximum Gasteiger partial charge on any atom is 0.0619 e. The van der Waals surface area contributed by atoms with Crippen LogP contribution in [0.2, 0.25) is 0 Å². The molecular formula is C62H48N2. The van der Waals surface area contributed by atoms with Crippen molar-refractivity contribution in [2.24, 2.45) is 0 Å². The molecule has 1 aromatic heterocycles. The summed E-state index contributed by atoms with van der Waals surface area (Å²) in [6, 6.07) is 80.7. The number of hydrogen-bond acceptors (Lipinski definition) is 1. The SMILES string of the molecule is CC1(C)c2ccccc2-c2ccc(N(c3ccccc3)c3ccc4c(c3)C(C)(C)c3cc(-c5ccc6c(c5)c(-c5ccccc5)c(-c5ccccc5)n6-c5ccccc5)ccc3-4)cc21. The van der Waals surface area contributed by atoms with Crippen LogP contribution in [0.15, 0.2) is 218 Å². The molecule has 12 rings (SSSR count). The summed E-state index contributed by atoms with van der Waals surface area (Å²) in [6.07, 6.45) is 0. The van der Waals surface area contributed by atoms with Crippen LogP contribution in [0, 0.1) is 0 Å². The number of aromatic nitrogens is 1. The van der Waals surface area contributed by atoms with Crippen LogP contribution in [-0.2, 0) is 10.8 Å². The minimum atomic E-state index is -0.225. The van der Waals surface area contributed by atoms with Crippen molar-refractivity contribution in [1.29, 1.82) is 0 Å². The average molecular weight is 821 g/mol. The van der Waals surface area contributed by atoms with Crippen molar-refractivity contribution < 1.29 is 0 Å². The molecule has 1 heterocycles. The van der Waals surface area contributed by atoms with E-state index in [0.717, 1.165) is 17.1 Å². The van der Waals surface area contributed by atoms with Gasteiger partial charge in [-0.05, 0) is 133 Å². The Morgan fingerprint density at radius 1 is 0.344 bits per heavy atom. The van der Waals surface area contributed by atoms with E-state index in [9.17, 15) is 0 Å². The van der Waals surface area contributed by atoms with Crippen LogP contribution in [0.25, 0.3) is 72.4 Å². The monoisotopic (exact) mass is 820 g/mol. The number of rotatable bonds is 7. The third kappa shape index (κ3) is 5.79. The summed E-state index contributed by atoms with van der Waals surface area (Å²) in [5, 5.41) is 1.24. The van der Waals surface area contributed by atoms with Crippen molar-refractivity contribution in [3.8, 4) is 61.5 Å². The van der Waals surface area contributed by atoms with Crippen molar-refractivity contribution in [2.45, 2.75) is 38.5 Å². The van der Waals surface area contributed by atoms with Crippen LogP contribution in [0.3, 0.4) is 0 Å². The van der Waals surface area contributed by atoms with Crippen LogP contribution in [0.1, 0.15) is 49.9 Å². The highest BCUT2D eigenvalue weighted by Gasteiger charge is 2.38. The normalized spacial score (nSPS) is 13.9. The quantitative estimate of drug-likeness (QED) is 0.155. The Bertz CT molecular complexity index is 3410. The van der Waals surface area contributed by atoms with Crippen molar-refractivity contribution in [2.75, 3.05) is 4.90 Å². The number of fused-ring (bicyclic) bond motifs is 7. The third-order valence-corrected chi connectivity index (χ3v) is 14.2. The van der Waals surface area contributed by atoms with Gasteiger partial charge in [0.2, 0.25) is 0 Å². The molecule has 0 N–H and O–H groups in total. The van der Waals surface area contributed by atoms with E-state index in [4.69, 9.17) is 0 Å². The van der Waals surface area contributed by atoms with Crippen molar-refractivity contribution in [3.05, 3.63) is 241 Å². The number of hydrogen-bond donors (Lipinski definition) is 0. The fourth-order valence-electron chi connectivity index (χ4n) is 11.0. The summed E-state index contributed by atoms with van der Waals surface area (Å²) < 4.78 is 2.44. The number of anilines is 3. The molecule has 9 aromatic carbocycles.